The number of nitrogens with one attached hydrogen (secondary N) is 1. The molecule has 0 atom stereocenters. The van der Waals surface area contributed by atoms with Crippen molar-refractivity contribution in [3.8, 4) is 0 Å². The van der Waals surface area contributed by atoms with Crippen LogP contribution in [0.5, 0.6) is 0 Å². The van der Waals surface area contributed by atoms with E-state index in [1.165, 1.54) is 0 Å². The summed E-state index contributed by atoms with van der Waals surface area (Å²) in [6.07, 6.45) is 2.03. The van der Waals surface area contributed by atoms with Crippen LogP contribution in [0.1, 0.15) is 37.0 Å². The first kappa shape index (κ1) is 13.6. The van der Waals surface area contributed by atoms with Crippen LogP contribution in [0.15, 0.2) is 24.3 Å². The fraction of sp³-hybridized carbons (Fsp3) is 0.500. The minimum Gasteiger partial charge on any atom is -0.384 e. The maximum absolute atomic E-state index is 12.2. The Hall–Kier alpha value is -1.51. The Labute approximate surface area is 104 Å². The summed E-state index contributed by atoms with van der Waals surface area (Å²) in [5, 5.41) is 3.29. The van der Waals surface area contributed by atoms with Crippen molar-refractivity contribution in [2.45, 2.75) is 26.7 Å². The molecular formula is C14H22N2O. The largest absolute Gasteiger partial charge is 0.384 e. The highest BCUT2D eigenvalue weighted by Crippen LogP contribution is 2.16. The molecule has 0 bridgehead atoms. The topological polar surface area (TPSA) is 32.3 Å². The molecule has 94 valence electrons. The molecule has 3 heteroatoms. The Morgan fingerprint density at radius 2 is 1.94 bits per heavy atom. The average molecular weight is 234 g/mol. The molecule has 0 saturated heterocycles. The fourth-order valence-electron chi connectivity index (χ4n) is 1.73. The van der Waals surface area contributed by atoms with Gasteiger partial charge in [0.1, 0.15) is 0 Å². The maximum Gasteiger partial charge on any atom is 0.255 e. The van der Waals surface area contributed by atoms with Gasteiger partial charge in [-0.15, -0.1) is 0 Å². The number of benzene rings is 1. The predicted molar refractivity (Wildman–Crippen MR) is 72.5 cm³/mol. The van der Waals surface area contributed by atoms with Gasteiger partial charge in [-0.25, -0.2) is 0 Å². The van der Waals surface area contributed by atoms with Crippen molar-refractivity contribution >= 4 is 11.6 Å². The third-order valence-electron chi connectivity index (χ3n) is 2.63. The molecule has 0 unspecified atom stereocenters. The van der Waals surface area contributed by atoms with Gasteiger partial charge in [0.05, 0.1) is 5.56 Å². The van der Waals surface area contributed by atoms with E-state index >= 15 is 0 Å². The number of amides is 1. The lowest BCUT2D eigenvalue weighted by molar-refractivity contribution is 0.0796. The lowest BCUT2D eigenvalue weighted by Crippen LogP contribution is -2.28. The summed E-state index contributed by atoms with van der Waals surface area (Å²) < 4.78 is 0. The smallest absolute Gasteiger partial charge is 0.255 e. The SMILES string of the molecule is CCCNc1ccccc1C(=O)N(C)CCC. The third kappa shape index (κ3) is 3.77. The third-order valence-corrected chi connectivity index (χ3v) is 2.63. The van der Waals surface area contributed by atoms with Gasteiger partial charge in [0.2, 0.25) is 0 Å². The number of hydrogen-bond acceptors (Lipinski definition) is 2. The number of rotatable bonds is 6. The summed E-state index contributed by atoms with van der Waals surface area (Å²) in [6.45, 7) is 5.87. The Kier molecular flexibility index (Phi) is 5.53. The molecular weight excluding hydrogens is 212 g/mol. The van der Waals surface area contributed by atoms with Gasteiger partial charge in [-0.2, -0.15) is 0 Å². The second-order valence-corrected chi connectivity index (χ2v) is 4.20. The van der Waals surface area contributed by atoms with Crippen LogP contribution in [-0.2, 0) is 0 Å². The molecule has 0 aliphatic heterocycles. The highest BCUT2D eigenvalue weighted by molar-refractivity contribution is 5.99. The zero-order chi connectivity index (χ0) is 12.7. The van der Waals surface area contributed by atoms with E-state index in [4.69, 9.17) is 0 Å². The first-order valence-corrected chi connectivity index (χ1v) is 6.29. The van der Waals surface area contributed by atoms with E-state index < -0.39 is 0 Å². The van der Waals surface area contributed by atoms with Crippen molar-refractivity contribution in [2.24, 2.45) is 0 Å². The van der Waals surface area contributed by atoms with Gasteiger partial charge in [-0.05, 0) is 25.0 Å². The van der Waals surface area contributed by atoms with Crippen molar-refractivity contribution in [2.75, 3.05) is 25.5 Å². The highest BCUT2D eigenvalue weighted by Gasteiger charge is 2.14. The van der Waals surface area contributed by atoms with Crippen LogP contribution in [0.25, 0.3) is 0 Å². The van der Waals surface area contributed by atoms with Gasteiger partial charge in [0, 0.05) is 25.8 Å². The van der Waals surface area contributed by atoms with E-state index in [1.54, 1.807) is 4.90 Å². The van der Waals surface area contributed by atoms with Crippen molar-refractivity contribution in [3.63, 3.8) is 0 Å². The molecule has 1 N–H and O–H groups in total. The second-order valence-electron chi connectivity index (χ2n) is 4.20. The molecule has 0 saturated carbocycles. The van der Waals surface area contributed by atoms with Gasteiger partial charge < -0.3 is 10.2 Å². The monoisotopic (exact) mass is 234 g/mol. The molecule has 0 aliphatic carbocycles. The summed E-state index contributed by atoms with van der Waals surface area (Å²) in [6, 6.07) is 7.70. The first-order chi connectivity index (χ1) is 8.20. The molecule has 17 heavy (non-hydrogen) atoms. The molecule has 3 nitrogen and oxygen atoms in total. The fourth-order valence-corrected chi connectivity index (χ4v) is 1.73. The summed E-state index contributed by atoms with van der Waals surface area (Å²) in [7, 11) is 1.85. The quantitative estimate of drug-likeness (QED) is 0.820. The van der Waals surface area contributed by atoms with Gasteiger partial charge in [0.25, 0.3) is 5.91 Å². The van der Waals surface area contributed by atoms with E-state index in [0.29, 0.717) is 0 Å². The number of hydrogen-bond donors (Lipinski definition) is 1. The Balaban J connectivity index is 2.84. The van der Waals surface area contributed by atoms with E-state index in [-0.39, 0.29) is 5.91 Å². The van der Waals surface area contributed by atoms with Crippen LogP contribution in [0, 0.1) is 0 Å². The van der Waals surface area contributed by atoms with E-state index in [0.717, 1.165) is 37.2 Å². The maximum atomic E-state index is 12.2. The van der Waals surface area contributed by atoms with Gasteiger partial charge in [-0.3, -0.25) is 4.79 Å². The highest BCUT2D eigenvalue weighted by atomic mass is 16.2. The van der Waals surface area contributed by atoms with Gasteiger partial charge in [-0.1, -0.05) is 26.0 Å². The Morgan fingerprint density at radius 1 is 1.24 bits per heavy atom. The van der Waals surface area contributed by atoms with Crippen molar-refractivity contribution in [1.82, 2.24) is 4.90 Å². The summed E-state index contributed by atoms with van der Waals surface area (Å²) in [5.41, 5.74) is 1.69. The summed E-state index contributed by atoms with van der Waals surface area (Å²) in [5.74, 6) is 0.0889. The van der Waals surface area contributed by atoms with Crippen LogP contribution in [0.2, 0.25) is 0 Å². The van der Waals surface area contributed by atoms with Crippen LogP contribution in [-0.4, -0.2) is 30.9 Å². The Bertz CT molecular complexity index is 363. The molecule has 1 aromatic rings. The molecule has 0 fully saturated rings. The van der Waals surface area contributed by atoms with Crippen LogP contribution < -0.4 is 5.32 Å². The lowest BCUT2D eigenvalue weighted by atomic mass is 10.1. The molecule has 1 aromatic carbocycles. The predicted octanol–water partition coefficient (Wildman–Crippen LogP) is 2.99. The molecule has 0 radical (unpaired) electrons. The van der Waals surface area contributed by atoms with Crippen LogP contribution in [0.4, 0.5) is 5.69 Å². The second kappa shape index (κ2) is 6.94. The minimum absolute atomic E-state index is 0.0889. The number of carbonyl (C=O) groups excluding carboxylic acids is 1. The number of nitrogens with zero attached hydrogens (tertiary/aromatic N) is 1. The Morgan fingerprint density at radius 3 is 2.59 bits per heavy atom. The summed E-state index contributed by atoms with van der Waals surface area (Å²) >= 11 is 0. The van der Waals surface area contributed by atoms with Crippen molar-refractivity contribution in [3.05, 3.63) is 29.8 Å². The zero-order valence-electron chi connectivity index (χ0n) is 11.0. The number of carbonyl (C=O) groups is 1. The van der Waals surface area contributed by atoms with Gasteiger partial charge in [0.15, 0.2) is 0 Å². The first-order valence-electron chi connectivity index (χ1n) is 6.29. The van der Waals surface area contributed by atoms with Crippen LogP contribution in [0.3, 0.4) is 0 Å². The normalized spacial score (nSPS) is 10.1. The number of anilines is 1. The van der Waals surface area contributed by atoms with E-state index in [1.807, 2.05) is 31.3 Å². The zero-order valence-corrected chi connectivity index (χ0v) is 11.0. The van der Waals surface area contributed by atoms with Crippen molar-refractivity contribution in [1.29, 1.82) is 0 Å². The molecule has 0 aromatic heterocycles. The molecule has 0 heterocycles. The van der Waals surface area contributed by atoms with Gasteiger partial charge >= 0.3 is 0 Å². The van der Waals surface area contributed by atoms with Crippen molar-refractivity contribution < 1.29 is 4.79 Å². The van der Waals surface area contributed by atoms with Crippen LogP contribution >= 0.6 is 0 Å². The average Bonchev–Trinajstić information content (AvgIpc) is 2.36. The summed E-state index contributed by atoms with van der Waals surface area (Å²) in [4.78, 5) is 14.0. The molecule has 1 rings (SSSR count). The number of para-hydroxylation sites is 1. The minimum atomic E-state index is 0.0889. The molecule has 0 aliphatic rings. The lowest BCUT2D eigenvalue weighted by Gasteiger charge is -2.18. The molecule has 1 amide bonds. The van der Waals surface area contributed by atoms with E-state index in [9.17, 15) is 4.79 Å². The standard InChI is InChI=1S/C14H22N2O/c1-4-10-15-13-9-7-6-8-12(13)14(17)16(3)11-5-2/h6-9,15H,4-5,10-11H2,1-3H3. The molecule has 0 spiro atoms. The van der Waals surface area contributed by atoms with E-state index in [2.05, 4.69) is 19.2 Å².